The zero-order valence-electron chi connectivity index (χ0n) is 20.7. The fraction of sp³-hybridized carbons (Fsp3) is 0.679. The molecule has 36 heavy (non-hydrogen) atoms. The largest absolute Gasteiger partial charge is 0.486 e. The van der Waals surface area contributed by atoms with Crippen molar-refractivity contribution in [2.45, 2.75) is 88.3 Å². The predicted molar refractivity (Wildman–Crippen MR) is 131 cm³/mol. The molecule has 0 aromatic heterocycles. The third-order valence-corrected chi connectivity index (χ3v) is 9.27. The summed E-state index contributed by atoms with van der Waals surface area (Å²) >= 11 is 0. The monoisotopic (exact) mass is 496 g/mol. The van der Waals surface area contributed by atoms with Gasteiger partial charge < -0.3 is 14.6 Å². The van der Waals surface area contributed by atoms with E-state index in [2.05, 4.69) is 5.32 Å². The number of nitrogens with one attached hydrogen (secondary N) is 1. The Morgan fingerprint density at radius 3 is 2.31 bits per heavy atom. The van der Waals surface area contributed by atoms with E-state index >= 15 is 0 Å². The maximum atomic E-state index is 14.0. The molecular formula is C28H36N2O6. The van der Waals surface area contributed by atoms with Crippen LogP contribution in [0.4, 0.5) is 0 Å². The second kappa shape index (κ2) is 9.36. The first-order valence-electron chi connectivity index (χ1n) is 13.8. The Labute approximate surface area is 211 Å². The number of carboxylic acid groups (broad SMARTS) is 1. The van der Waals surface area contributed by atoms with E-state index in [0.717, 1.165) is 63.4 Å². The van der Waals surface area contributed by atoms with Crippen LogP contribution < -0.4 is 14.8 Å². The number of fused-ring (bicyclic) bond motifs is 2. The van der Waals surface area contributed by atoms with E-state index in [1.165, 1.54) is 11.3 Å². The van der Waals surface area contributed by atoms with Crippen LogP contribution in [0.25, 0.3) is 0 Å². The smallest absolute Gasteiger partial charge is 0.324 e. The van der Waals surface area contributed by atoms with Gasteiger partial charge in [-0.2, -0.15) is 0 Å². The van der Waals surface area contributed by atoms with Gasteiger partial charge in [0.1, 0.15) is 18.8 Å². The number of carboxylic acids is 1. The maximum absolute atomic E-state index is 14.0. The first-order chi connectivity index (χ1) is 17.5. The number of ether oxygens (including phenoxy) is 2. The van der Waals surface area contributed by atoms with Crippen LogP contribution >= 0.6 is 0 Å². The lowest BCUT2D eigenvalue weighted by Gasteiger charge is -2.37. The molecule has 8 nitrogen and oxygen atoms in total. The van der Waals surface area contributed by atoms with Crippen LogP contribution in [0.1, 0.15) is 82.2 Å². The van der Waals surface area contributed by atoms with Crippen molar-refractivity contribution >= 4 is 17.8 Å². The first kappa shape index (κ1) is 23.8. The molecule has 2 amide bonds. The molecule has 3 heterocycles. The Morgan fingerprint density at radius 2 is 1.61 bits per heavy atom. The summed E-state index contributed by atoms with van der Waals surface area (Å²) < 4.78 is 11.5. The molecule has 0 bridgehead atoms. The Bertz CT molecular complexity index is 1050. The number of aliphatic carboxylic acids is 1. The molecule has 0 spiro atoms. The third-order valence-electron chi connectivity index (χ3n) is 9.27. The van der Waals surface area contributed by atoms with Crippen molar-refractivity contribution in [2.24, 2.45) is 17.8 Å². The van der Waals surface area contributed by atoms with E-state index in [1.807, 2.05) is 18.2 Å². The molecule has 2 saturated heterocycles. The summed E-state index contributed by atoms with van der Waals surface area (Å²) in [7, 11) is 0. The van der Waals surface area contributed by atoms with E-state index in [-0.39, 0.29) is 23.8 Å². The van der Waals surface area contributed by atoms with Crippen LogP contribution in [-0.4, -0.2) is 52.6 Å². The number of nitrogens with zero attached hydrogens (tertiary/aromatic N) is 1. The highest BCUT2D eigenvalue weighted by Gasteiger charge is 2.69. The van der Waals surface area contributed by atoms with Gasteiger partial charge >= 0.3 is 5.97 Å². The van der Waals surface area contributed by atoms with Crippen molar-refractivity contribution in [1.29, 1.82) is 0 Å². The third kappa shape index (κ3) is 3.80. The van der Waals surface area contributed by atoms with Crippen molar-refractivity contribution in [2.75, 3.05) is 13.2 Å². The summed E-state index contributed by atoms with van der Waals surface area (Å²) in [6, 6.07) is 4.86. The zero-order valence-corrected chi connectivity index (χ0v) is 20.7. The van der Waals surface area contributed by atoms with Gasteiger partial charge in [-0.3, -0.25) is 24.6 Å². The minimum Gasteiger partial charge on any atom is -0.486 e. The standard InChI is InChI=1S/C28H36N2O6/c31-25-22-23(26(32)30(25)19-9-5-2-6-10-19)28(27(33)34,16-17-7-3-1-4-8-17)29-24(22)18-11-12-20-21(15-18)36-14-13-35-20/h11-12,15,17,19,22-24,29H,1-10,13-14,16H2,(H,33,34). The lowest BCUT2D eigenvalue weighted by atomic mass is 9.72. The number of carbonyl (C=O) groups is 3. The van der Waals surface area contributed by atoms with Crippen molar-refractivity contribution in [3.63, 3.8) is 0 Å². The van der Waals surface area contributed by atoms with Crippen LogP contribution in [0.3, 0.4) is 0 Å². The molecule has 194 valence electrons. The Morgan fingerprint density at radius 1 is 0.944 bits per heavy atom. The van der Waals surface area contributed by atoms with Gasteiger partial charge in [0.15, 0.2) is 11.5 Å². The number of hydrogen-bond donors (Lipinski definition) is 2. The molecule has 1 aromatic carbocycles. The number of imide groups is 1. The number of hydrogen-bond acceptors (Lipinski definition) is 6. The van der Waals surface area contributed by atoms with E-state index in [9.17, 15) is 19.5 Å². The molecule has 4 atom stereocenters. The summed E-state index contributed by atoms with van der Waals surface area (Å²) in [5.41, 5.74) is -0.687. The summed E-state index contributed by atoms with van der Waals surface area (Å²) in [6.07, 6.45) is 10.4. The number of carbonyl (C=O) groups excluding carboxylic acids is 2. The molecule has 5 aliphatic rings. The van der Waals surface area contributed by atoms with Gasteiger partial charge in [0, 0.05) is 12.1 Å². The predicted octanol–water partition coefficient (Wildman–Crippen LogP) is 3.83. The first-order valence-corrected chi connectivity index (χ1v) is 13.8. The van der Waals surface area contributed by atoms with Crippen LogP contribution in [-0.2, 0) is 14.4 Å². The second-order valence-corrected chi connectivity index (χ2v) is 11.4. The molecule has 8 heteroatoms. The van der Waals surface area contributed by atoms with E-state index in [0.29, 0.717) is 31.1 Å². The molecule has 4 unspecified atom stereocenters. The fourth-order valence-corrected chi connectivity index (χ4v) is 7.58. The normalized spacial score (nSPS) is 33.1. The van der Waals surface area contributed by atoms with Gasteiger partial charge in [0.05, 0.1) is 11.8 Å². The van der Waals surface area contributed by atoms with Crippen LogP contribution in [0.2, 0.25) is 0 Å². The SMILES string of the molecule is O=C1C2C(c3ccc4c(c3)OCCO4)NC(CC3CCCCC3)(C(=O)O)C2C(=O)N1C1CCCCC1. The lowest BCUT2D eigenvalue weighted by molar-refractivity contribution is -0.153. The van der Waals surface area contributed by atoms with Gasteiger partial charge in [-0.15, -0.1) is 0 Å². The fourth-order valence-electron chi connectivity index (χ4n) is 7.58. The molecule has 6 rings (SSSR count). The number of benzene rings is 1. The average Bonchev–Trinajstić information content (AvgIpc) is 3.38. The van der Waals surface area contributed by atoms with Crippen LogP contribution in [0, 0.1) is 17.8 Å². The van der Waals surface area contributed by atoms with Crippen molar-refractivity contribution in [1.82, 2.24) is 10.2 Å². The molecule has 1 aromatic rings. The minimum absolute atomic E-state index is 0.119. The highest BCUT2D eigenvalue weighted by molar-refractivity contribution is 6.09. The topological polar surface area (TPSA) is 105 Å². The quantitative estimate of drug-likeness (QED) is 0.597. The molecule has 0 radical (unpaired) electrons. The van der Waals surface area contributed by atoms with Gasteiger partial charge in [-0.25, -0.2) is 0 Å². The van der Waals surface area contributed by atoms with Crippen molar-refractivity contribution < 1.29 is 29.0 Å². The lowest BCUT2D eigenvalue weighted by Crippen LogP contribution is -2.57. The summed E-state index contributed by atoms with van der Waals surface area (Å²) in [5, 5.41) is 14.1. The van der Waals surface area contributed by atoms with E-state index < -0.39 is 29.4 Å². The molecule has 4 fully saturated rings. The zero-order chi connectivity index (χ0) is 24.9. The minimum atomic E-state index is -1.46. The molecular weight excluding hydrogens is 460 g/mol. The second-order valence-electron chi connectivity index (χ2n) is 11.4. The van der Waals surface area contributed by atoms with Crippen LogP contribution in [0.5, 0.6) is 11.5 Å². The van der Waals surface area contributed by atoms with Gasteiger partial charge in [-0.05, 0) is 42.9 Å². The molecule has 3 aliphatic heterocycles. The highest BCUT2D eigenvalue weighted by Crippen LogP contribution is 2.53. The van der Waals surface area contributed by atoms with E-state index in [4.69, 9.17) is 9.47 Å². The Kier molecular flexibility index (Phi) is 6.18. The van der Waals surface area contributed by atoms with Gasteiger partial charge in [-0.1, -0.05) is 57.4 Å². The highest BCUT2D eigenvalue weighted by atomic mass is 16.6. The Hall–Kier alpha value is -2.61. The molecule has 2 aliphatic carbocycles. The number of amides is 2. The maximum Gasteiger partial charge on any atom is 0.324 e. The van der Waals surface area contributed by atoms with Gasteiger partial charge in [0.25, 0.3) is 0 Å². The number of rotatable bonds is 5. The summed E-state index contributed by atoms with van der Waals surface area (Å²) in [4.78, 5) is 42.6. The number of likely N-dealkylation sites (tertiary alicyclic amines) is 1. The van der Waals surface area contributed by atoms with E-state index in [1.54, 1.807) is 0 Å². The van der Waals surface area contributed by atoms with Gasteiger partial charge in [0.2, 0.25) is 11.8 Å². The summed E-state index contributed by atoms with van der Waals surface area (Å²) in [6.45, 7) is 0.916. The molecule has 2 N–H and O–H groups in total. The molecule has 2 saturated carbocycles. The van der Waals surface area contributed by atoms with Crippen molar-refractivity contribution in [3.8, 4) is 11.5 Å². The van der Waals surface area contributed by atoms with Crippen molar-refractivity contribution in [3.05, 3.63) is 23.8 Å². The Balaban J connectivity index is 1.41. The van der Waals surface area contributed by atoms with Crippen LogP contribution in [0.15, 0.2) is 18.2 Å². The summed E-state index contributed by atoms with van der Waals surface area (Å²) in [5.74, 6) is -1.68. The average molecular weight is 497 g/mol.